The lowest BCUT2D eigenvalue weighted by molar-refractivity contribution is -0.135. The minimum Gasteiger partial charge on any atom is -0.369 e. The smallest absolute Gasteiger partial charge is 0.231 e. The van der Waals surface area contributed by atoms with Crippen molar-refractivity contribution in [1.29, 1.82) is 0 Å². The zero-order chi connectivity index (χ0) is 10.3. The lowest BCUT2D eigenvalue weighted by Crippen LogP contribution is -2.35. The Bertz CT molecular complexity index is 174. The summed E-state index contributed by atoms with van der Waals surface area (Å²) in [5.41, 5.74) is 4.94. The van der Waals surface area contributed by atoms with E-state index in [2.05, 4.69) is 0 Å². The van der Waals surface area contributed by atoms with Crippen LogP contribution in [0.3, 0.4) is 0 Å². The molecule has 0 aliphatic heterocycles. The van der Waals surface area contributed by atoms with E-state index in [1.54, 1.807) is 4.90 Å². The molecule has 0 saturated carbocycles. The molecule has 0 bridgehead atoms. The molecule has 0 spiro atoms. The van der Waals surface area contributed by atoms with Crippen LogP contribution in [0.5, 0.6) is 0 Å². The van der Waals surface area contributed by atoms with Crippen LogP contribution in [0, 0.1) is 0 Å². The number of primary amides is 1. The highest BCUT2D eigenvalue weighted by atomic mass is 16.2. The summed E-state index contributed by atoms with van der Waals surface area (Å²) in [5, 5.41) is 0. The molecule has 0 saturated heterocycles. The number of rotatable bonds is 6. The Labute approximate surface area is 79.1 Å². The van der Waals surface area contributed by atoms with Crippen molar-refractivity contribution in [3.05, 3.63) is 0 Å². The van der Waals surface area contributed by atoms with Crippen LogP contribution in [0.15, 0.2) is 0 Å². The van der Waals surface area contributed by atoms with Crippen LogP contribution in [-0.4, -0.2) is 29.8 Å². The van der Waals surface area contributed by atoms with Crippen molar-refractivity contribution >= 4 is 11.8 Å². The number of hydrogen-bond donors (Lipinski definition) is 1. The molecule has 0 aliphatic carbocycles. The van der Waals surface area contributed by atoms with Gasteiger partial charge in [0.15, 0.2) is 0 Å². The predicted octanol–water partition coefficient (Wildman–Crippen LogP) is 0.510. The third-order valence-electron chi connectivity index (χ3n) is 1.67. The Morgan fingerprint density at radius 3 is 1.92 bits per heavy atom. The maximum absolute atomic E-state index is 11.4. The molecule has 0 aromatic heterocycles. The van der Waals surface area contributed by atoms with E-state index < -0.39 is 5.91 Å². The normalized spacial score (nSPS) is 9.69. The third kappa shape index (κ3) is 5.22. The molecule has 2 amide bonds. The third-order valence-corrected chi connectivity index (χ3v) is 1.67. The maximum atomic E-state index is 11.4. The predicted molar refractivity (Wildman–Crippen MR) is 51.0 cm³/mol. The second-order valence-electron chi connectivity index (χ2n) is 3.02. The van der Waals surface area contributed by atoms with Crippen molar-refractivity contribution in [2.45, 2.75) is 33.1 Å². The largest absolute Gasteiger partial charge is 0.369 e. The van der Waals surface area contributed by atoms with E-state index in [-0.39, 0.29) is 12.3 Å². The van der Waals surface area contributed by atoms with Crippen molar-refractivity contribution in [2.24, 2.45) is 5.73 Å². The molecule has 0 fully saturated rings. The fraction of sp³-hybridized carbons (Fsp3) is 0.778. The lowest BCUT2D eigenvalue weighted by Gasteiger charge is -2.20. The van der Waals surface area contributed by atoms with Crippen LogP contribution in [0.1, 0.15) is 33.1 Å². The van der Waals surface area contributed by atoms with E-state index >= 15 is 0 Å². The molecule has 0 rings (SSSR count). The van der Waals surface area contributed by atoms with Crippen molar-refractivity contribution in [2.75, 3.05) is 13.1 Å². The molecule has 0 unspecified atom stereocenters. The first-order valence-electron chi connectivity index (χ1n) is 4.67. The van der Waals surface area contributed by atoms with E-state index in [0.29, 0.717) is 13.1 Å². The Balaban J connectivity index is 4.02. The number of carbonyl (C=O) groups excluding carboxylic acids is 2. The Morgan fingerprint density at radius 2 is 1.62 bits per heavy atom. The fourth-order valence-electron chi connectivity index (χ4n) is 1.16. The van der Waals surface area contributed by atoms with Gasteiger partial charge in [-0.05, 0) is 12.8 Å². The number of nitrogens with two attached hydrogens (primary N) is 1. The number of nitrogens with zero attached hydrogens (tertiary/aromatic N) is 1. The topological polar surface area (TPSA) is 63.4 Å². The Kier molecular flexibility index (Phi) is 5.93. The molecule has 13 heavy (non-hydrogen) atoms. The molecule has 2 N–H and O–H groups in total. The molecule has 0 radical (unpaired) electrons. The second-order valence-corrected chi connectivity index (χ2v) is 3.02. The van der Waals surface area contributed by atoms with Gasteiger partial charge in [-0.25, -0.2) is 0 Å². The monoisotopic (exact) mass is 186 g/mol. The van der Waals surface area contributed by atoms with Crippen molar-refractivity contribution in [3.8, 4) is 0 Å². The highest BCUT2D eigenvalue weighted by molar-refractivity contribution is 5.96. The van der Waals surface area contributed by atoms with Crippen LogP contribution in [-0.2, 0) is 9.59 Å². The van der Waals surface area contributed by atoms with Gasteiger partial charge in [0.1, 0.15) is 6.42 Å². The zero-order valence-electron chi connectivity index (χ0n) is 8.38. The van der Waals surface area contributed by atoms with Gasteiger partial charge in [0, 0.05) is 13.1 Å². The highest BCUT2D eigenvalue weighted by Crippen LogP contribution is 1.97. The van der Waals surface area contributed by atoms with Crippen LogP contribution in [0.25, 0.3) is 0 Å². The molecule has 0 aromatic rings. The van der Waals surface area contributed by atoms with Crippen molar-refractivity contribution in [3.63, 3.8) is 0 Å². The Hall–Kier alpha value is -1.06. The molecule has 76 valence electrons. The van der Waals surface area contributed by atoms with Gasteiger partial charge in [-0.15, -0.1) is 0 Å². The first kappa shape index (κ1) is 11.9. The molecule has 4 heteroatoms. The van der Waals surface area contributed by atoms with Crippen LogP contribution >= 0.6 is 0 Å². The van der Waals surface area contributed by atoms with Crippen LogP contribution in [0.4, 0.5) is 0 Å². The molecule has 0 aromatic carbocycles. The molecule has 0 atom stereocenters. The summed E-state index contributed by atoms with van der Waals surface area (Å²) in [7, 11) is 0. The number of amides is 2. The summed E-state index contributed by atoms with van der Waals surface area (Å²) in [5.74, 6) is -0.710. The van der Waals surface area contributed by atoms with Gasteiger partial charge in [-0.3, -0.25) is 9.59 Å². The number of hydrogen-bond acceptors (Lipinski definition) is 2. The molecule has 0 heterocycles. The minimum atomic E-state index is -0.554. The standard InChI is InChI=1S/C9H18N2O2/c1-3-5-11(6-4-2)9(13)7-8(10)12/h3-7H2,1-2H3,(H2,10,12). The quantitative estimate of drug-likeness (QED) is 0.614. The lowest BCUT2D eigenvalue weighted by atomic mass is 10.3. The second kappa shape index (κ2) is 6.46. The highest BCUT2D eigenvalue weighted by Gasteiger charge is 2.13. The van der Waals surface area contributed by atoms with Gasteiger partial charge in [-0.2, -0.15) is 0 Å². The molecule has 0 aliphatic rings. The van der Waals surface area contributed by atoms with Gasteiger partial charge in [0.2, 0.25) is 11.8 Å². The van der Waals surface area contributed by atoms with E-state index in [9.17, 15) is 9.59 Å². The fourth-order valence-corrected chi connectivity index (χ4v) is 1.16. The maximum Gasteiger partial charge on any atom is 0.231 e. The summed E-state index contributed by atoms with van der Waals surface area (Å²) >= 11 is 0. The van der Waals surface area contributed by atoms with Gasteiger partial charge in [0.25, 0.3) is 0 Å². The number of carbonyl (C=O) groups is 2. The van der Waals surface area contributed by atoms with Crippen molar-refractivity contribution in [1.82, 2.24) is 4.90 Å². The van der Waals surface area contributed by atoms with E-state index in [0.717, 1.165) is 12.8 Å². The molecule has 4 nitrogen and oxygen atoms in total. The van der Waals surface area contributed by atoms with Crippen LogP contribution in [0.2, 0.25) is 0 Å². The van der Waals surface area contributed by atoms with Gasteiger partial charge in [-0.1, -0.05) is 13.8 Å². The Morgan fingerprint density at radius 1 is 1.15 bits per heavy atom. The van der Waals surface area contributed by atoms with Crippen LogP contribution < -0.4 is 5.73 Å². The average molecular weight is 186 g/mol. The van der Waals surface area contributed by atoms with E-state index in [1.165, 1.54) is 0 Å². The first-order valence-corrected chi connectivity index (χ1v) is 4.67. The van der Waals surface area contributed by atoms with Gasteiger partial charge in [0.05, 0.1) is 0 Å². The summed E-state index contributed by atoms with van der Waals surface area (Å²) in [6, 6.07) is 0. The first-order chi connectivity index (χ1) is 6.11. The molecular weight excluding hydrogens is 168 g/mol. The summed E-state index contributed by atoms with van der Waals surface area (Å²) in [6.45, 7) is 5.42. The summed E-state index contributed by atoms with van der Waals surface area (Å²) in [4.78, 5) is 23.5. The van der Waals surface area contributed by atoms with E-state index in [1.807, 2.05) is 13.8 Å². The van der Waals surface area contributed by atoms with Gasteiger partial charge >= 0.3 is 0 Å². The SMILES string of the molecule is CCCN(CCC)C(=O)CC(N)=O. The van der Waals surface area contributed by atoms with E-state index in [4.69, 9.17) is 5.73 Å². The summed E-state index contributed by atoms with van der Waals surface area (Å²) < 4.78 is 0. The van der Waals surface area contributed by atoms with Gasteiger partial charge < -0.3 is 10.6 Å². The van der Waals surface area contributed by atoms with Crippen molar-refractivity contribution < 1.29 is 9.59 Å². The zero-order valence-corrected chi connectivity index (χ0v) is 8.38. The average Bonchev–Trinajstić information content (AvgIpc) is 2.02. The summed E-state index contributed by atoms with van der Waals surface area (Å²) in [6.07, 6.45) is 1.65. The minimum absolute atomic E-state index is 0.156. The molecular formula is C9H18N2O2.